The van der Waals surface area contributed by atoms with Gasteiger partial charge in [-0.05, 0) is 86.0 Å². The molecule has 0 aliphatic rings. The monoisotopic (exact) mass is 557 g/mol. The fourth-order valence-electron chi connectivity index (χ4n) is 4.73. The number of ether oxygens (including phenoxy) is 1. The fraction of sp³-hybridized carbons (Fsp3) is 0.212. The van der Waals surface area contributed by atoms with Gasteiger partial charge in [0.2, 0.25) is 0 Å². The number of anilines is 1. The van der Waals surface area contributed by atoms with Gasteiger partial charge in [0.25, 0.3) is 5.91 Å². The molecule has 210 valence electrons. The van der Waals surface area contributed by atoms with Crippen molar-refractivity contribution in [3.63, 3.8) is 0 Å². The van der Waals surface area contributed by atoms with Crippen molar-refractivity contribution in [3.8, 4) is 11.8 Å². The van der Waals surface area contributed by atoms with Crippen molar-refractivity contribution in [2.24, 2.45) is 0 Å². The van der Waals surface area contributed by atoms with Gasteiger partial charge in [-0.3, -0.25) is 9.78 Å². The van der Waals surface area contributed by atoms with Crippen molar-refractivity contribution in [2.75, 3.05) is 12.4 Å². The van der Waals surface area contributed by atoms with Gasteiger partial charge in [0.1, 0.15) is 23.5 Å². The van der Waals surface area contributed by atoms with Crippen LogP contribution in [0, 0.1) is 25.2 Å². The van der Waals surface area contributed by atoms with Gasteiger partial charge in [0.05, 0.1) is 36.5 Å². The molecule has 2 aromatic carbocycles. The molecule has 0 unspecified atom stereocenters. The molecule has 3 heterocycles. The van der Waals surface area contributed by atoms with Crippen LogP contribution < -0.4 is 10.1 Å². The van der Waals surface area contributed by atoms with Crippen LogP contribution in [-0.4, -0.2) is 37.9 Å². The summed E-state index contributed by atoms with van der Waals surface area (Å²) in [5.74, 6) is 1.97. The molecular formula is C33H31N7O2. The second-order valence-corrected chi connectivity index (χ2v) is 10.0. The molecule has 3 aromatic heterocycles. The van der Waals surface area contributed by atoms with E-state index in [0.29, 0.717) is 29.2 Å². The molecule has 0 spiro atoms. The zero-order valence-corrected chi connectivity index (χ0v) is 24.0. The van der Waals surface area contributed by atoms with Crippen molar-refractivity contribution in [2.45, 2.75) is 39.9 Å². The molecule has 0 saturated heterocycles. The van der Waals surface area contributed by atoms with Crippen LogP contribution in [0.2, 0.25) is 0 Å². The van der Waals surface area contributed by atoms with Crippen LogP contribution in [0.3, 0.4) is 0 Å². The third-order valence-electron chi connectivity index (χ3n) is 7.39. The van der Waals surface area contributed by atoms with Crippen LogP contribution in [0.25, 0.3) is 10.9 Å². The number of aryl methyl sites for hydroxylation is 1. The minimum Gasteiger partial charge on any atom is -0.497 e. The van der Waals surface area contributed by atoms with Gasteiger partial charge < -0.3 is 15.0 Å². The third-order valence-corrected chi connectivity index (χ3v) is 7.39. The summed E-state index contributed by atoms with van der Waals surface area (Å²) < 4.78 is 5.25. The second kappa shape index (κ2) is 12.4. The van der Waals surface area contributed by atoms with Gasteiger partial charge in [-0.25, -0.2) is 15.0 Å². The first-order chi connectivity index (χ1) is 20.4. The van der Waals surface area contributed by atoms with Gasteiger partial charge in [-0.15, -0.1) is 0 Å². The van der Waals surface area contributed by atoms with Crippen LogP contribution in [0.5, 0.6) is 5.75 Å². The van der Waals surface area contributed by atoms with E-state index in [1.807, 2.05) is 57.2 Å². The van der Waals surface area contributed by atoms with Crippen molar-refractivity contribution >= 4 is 22.6 Å². The maximum absolute atomic E-state index is 14.0. The van der Waals surface area contributed by atoms with Crippen LogP contribution in [0.15, 0.2) is 79.3 Å². The van der Waals surface area contributed by atoms with Crippen LogP contribution in [-0.2, 0) is 13.1 Å². The molecule has 0 fully saturated rings. The molecule has 0 aliphatic heterocycles. The quantitative estimate of drug-likeness (QED) is 0.237. The lowest BCUT2D eigenvalue weighted by Crippen LogP contribution is -2.34. The number of aromatic nitrogens is 4. The van der Waals surface area contributed by atoms with E-state index in [0.717, 1.165) is 39.2 Å². The summed E-state index contributed by atoms with van der Waals surface area (Å²) in [7, 11) is 1.65. The molecule has 9 nitrogen and oxygen atoms in total. The lowest BCUT2D eigenvalue weighted by molar-refractivity contribution is 0.0663. The number of hydrogen-bond acceptors (Lipinski definition) is 8. The smallest absolute Gasteiger partial charge is 0.254 e. The summed E-state index contributed by atoms with van der Waals surface area (Å²) in [6, 6.07) is 20.4. The number of nitrogens with one attached hydrogen (secondary N) is 1. The molecule has 42 heavy (non-hydrogen) atoms. The van der Waals surface area contributed by atoms with Gasteiger partial charge in [0.15, 0.2) is 0 Å². The molecule has 0 aliphatic carbocycles. The highest BCUT2D eigenvalue weighted by atomic mass is 16.5. The Morgan fingerprint density at radius 3 is 2.45 bits per heavy atom. The van der Waals surface area contributed by atoms with Crippen molar-refractivity contribution in [3.05, 3.63) is 119 Å². The highest BCUT2D eigenvalue weighted by molar-refractivity contribution is 5.99. The second-order valence-electron chi connectivity index (χ2n) is 10.0. The van der Waals surface area contributed by atoms with Crippen molar-refractivity contribution < 1.29 is 9.53 Å². The normalized spacial score (nSPS) is 11.5. The lowest BCUT2D eigenvalue weighted by Gasteiger charge is -2.28. The van der Waals surface area contributed by atoms with E-state index in [2.05, 4.69) is 26.3 Å². The van der Waals surface area contributed by atoms with E-state index in [-0.39, 0.29) is 12.5 Å². The first kappa shape index (κ1) is 28.2. The summed E-state index contributed by atoms with van der Waals surface area (Å²) in [5.41, 5.74) is 5.63. The zero-order valence-electron chi connectivity index (χ0n) is 24.0. The van der Waals surface area contributed by atoms with Crippen molar-refractivity contribution in [1.29, 1.82) is 5.26 Å². The van der Waals surface area contributed by atoms with E-state index in [4.69, 9.17) is 15.0 Å². The number of nitrogens with zero attached hydrogens (tertiary/aromatic N) is 6. The summed E-state index contributed by atoms with van der Waals surface area (Å²) in [6.45, 7) is 6.83. The predicted molar refractivity (Wildman–Crippen MR) is 161 cm³/mol. The van der Waals surface area contributed by atoms with E-state index >= 15 is 0 Å². The van der Waals surface area contributed by atoms with Crippen LogP contribution in [0.4, 0.5) is 5.82 Å². The number of benzene rings is 2. The summed E-state index contributed by atoms with van der Waals surface area (Å²) >= 11 is 0. The number of pyridine rings is 2. The molecule has 5 rings (SSSR count). The Morgan fingerprint density at radius 2 is 1.79 bits per heavy atom. The Hall–Kier alpha value is -5.36. The van der Waals surface area contributed by atoms with Gasteiger partial charge in [0, 0.05) is 36.1 Å². The maximum atomic E-state index is 14.0. The SMILES string of the molecule is COc1ccc(CNc2nc3ccc(C(=O)N(Cc4ccc(C#N)cn4)[C@H](C)c4ncccn4)cc3c(C)c2C)cc1. The molecule has 9 heteroatoms. The molecule has 0 bridgehead atoms. The third kappa shape index (κ3) is 6.03. The number of fused-ring (bicyclic) bond motifs is 1. The number of rotatable bonds is 9. The summed E-state index contributed by atoms with van der Waals surface area (Å²) in [5, 5.41) is 13.5. The molecule has 1 atom stereocenters. The Labute approximate surface area is 244 Å². The van der Waals surface area contributed by atoms with Crippen molar-refractivity contribution in [1.82, 2.24) is 24.8 Å². The van der Waals surface area contributed by atoms with E-state index in [1.165, 1.54) is 6.20 Å². The summed E-state index contributed by atoms with van der Waals surface area (Å²) in [4.78, 5) is 33.8. The molecule has 5 aromatic rings. The molecule has 1 N–H and O–H groups in total. The number of carbonyl (C=O) groups excluding carboxylic acids is 1. The largest absolute Gasteiger partial charge is 0.497 e. The highest BCUT2D eigenvalue weighted by Crippen LogP contribution is 2.29. The van der Waals surface area contributed by atoms with Crippen LogP contribution in [0.1, 0.15) is 57.1 Å². The molecule has 0 saturated carbocycles. The minimum atomic E-state index is -0.419. The van der Waals surface area contributed by atoms with E-state index in [1.54, 1.807) is 48.7 Å². The topological polar surface area (TPSA) is 117 Å². The highest BCUT2D eigenvalue weighted by Gasteiger charge is 2.26. The predicted octanol–water partition coefficient (Wildman–Crippen LogP) is 5.93. The first-order valence-corrected chi connectivity index (χ1v) is 13.6. The Balaban J connectivity index is 1.44. The average molecular weight is 558 g/mol. The molecule has 0 radical (unpaired) electrons. The van der Waals surface area contributed by atoms with Gasteiger partial charge in [-0.2, -0.15) is 5.26 Å². The fourth-order valence-corrected chi connectivity index (χ4v) is 4.73. The van der Waals surface area contributed by atoms with Crippen LogP contribution >= 0.6 is 0 Å². The van der Waals surface area contributed by atoms with Gasteiger partial charge in [-0.1, -0.05) is 12.1 Å². The number of amides is 1. The molecule has 1 amide bonds. The average Bonchev–Trinajstić information content (AvgIpc) is 3.04. The Kier molecular flexibility index (Phi) is 8.34. The maximum Gasteiger partial charge on any atom is 0.254 e. The Morgan fingerprint density at radius 1 is 1.02 bits per heavy atom. The summed E-state index contributed by atoms with van der Waals surface area (Å²) in [6.07, 6.45) is 4.83. The molecular weight excluding hydrogens is 526 g/mol. The van der Waals surface area contributed by atoms with E-state index < -0.39 is 6.04 Å². The zero-order chi connectivity index (χ0) is 29.6. The minimum absolute atomic E-state index is 0.179. The number of nitriles is 1. The van der Waals surface area contributed by atoms with Gasteiger partial charge >= 0.3 is 0 Å². The number of carbonyl (C=O) groups is 1. The lowest BCUT2D eigenvalue weighted by atomic mass is 10.0. The first-order valence-electron chi connectivity index (χ1n) is 13.6. The van der Waals surface area contributed by atoms with E-state index in [9.17, 15) is 4.79 Å². The standard InChI is InChI=1S/C33H31N7O2/c1-21-22(2)31(38-18-24-7-11-28(42-4)12-8-24)39-30-13-9-26(16-29(21)30)33(41)40(23(3)32-35-14-5-15-36-32)20-27-10-6-25(17-34)19-37-27/h5-16,19,23H,18,20H2,1-4H3,(H,38,39)/t23-/m1/s1. The Bertz CT molecular complexity index is 1750. The number of methoxy groups -OCH3 is 1. The number of hydrogen-bond donors (Lipinski definition) is 1.